The highest BCUT2D eigenvalue weighted by molar-refractivity contribution is 5.84. The second kappa shape index (κ2) is 9.84. The van der Waals surface area contributed by atoms with Gasteiger partial charge < -0.3 is 9.84 Å². The van der Waals surface area contributed by atoms with E-state index in [1.165, 1.54) is 16.8 Å². The summed E-state index contributed by atoms with van der Waals surface area (Å²) in [5.74, 6) is 1.37. The number of rotatable bonds is 5. The lowest BCUT2D eigenvalue weighted by molar-refractivity contribution is -0.143. The van der Waals surface area contributed by atoms with E-state index in [-0.39, 0.29) is 35.1 Å². The van der Waals surface area contributed by atoms with E-state index in [4.69, 9.17) is 9.84 Å². The number of carbonyl (C=O) groups is 1. The van der Waals surface area contributed by atoms with Crippen LogP contribution in [0.4, 0.5) is 0 Å². The first kappa shape index (κ1) is 26.8. The number of allylic oxidation sites excluding steroid dienone is 1. The predicted molar refractivity (Wildman–Crippen MR) is 165 cm³/mol. The Balaban J connectivity index is 1.02. The van der Waals surface area contributed by atoms with Crippen LogP contribution in [0.25, 0.3) is 22.8 Å². The first-order chi connectivity index (χ1) is 20.8. The third kappa shape index (κ3) is 4.11. The van der Waals surface area contributed by atoms with E-state index in [2.05, 4.69) is 46.7 Å². The van der Waals surface area contributed by atoms with Crippen LogP contribution in [0, 0.1) is 34.5 Å². The Morgan fingerprint density at radius 2 is 1.81 bits per heavy atom. The average Bonchev–Trinajstić information content (AvgIpc) is 3.58. The van der Waals surface area contributed by atoms with E-state index in [1.54, 1.807) is 6.20 Å². The molecule has 0 aliphatic heterocycles. The first-order valence-corrected chi connectivity index (χ1v) is 15.7. The lowest BCUT2D eigenvalue weighted by Crippen LogP contribution is -2.57. The number of Topliss-reactive ketones (excluding diaryl/α,β-unsaturated/α-hetero) is 1. The quantitative estimate of drug-likeness (QED) is 0.304. The maximum Gasteiger partial charge on any atom is 0.233 e. The number of ether oxygens (including phenoxy) is 1. The smallest absolute Gasteiger partial charge is 0.233 e. The van der Waals surface area contributed by atoms with Gasteiger partial charge in [0.25, 0.3) is 0 Å². The van der Waals surface area contributed by atoms with Gasteiger partial charge in [-0.1, -0.05) is 49.8 Å². The van der Waals surface area contributed by atoms with Gasteiger partial charge in [-0.25, -0.2) is 14.6 Å². The van der Waals surface area contributed by atoms with E-state index in [0.29, 0.717) is 24.1 Å². The molecule has 2 heterocycles. The molecule has 0 saturated heterocycles. The fraction of sp³-hybridized carbons (Fsp3) is 0.444. The molecule has 3 fully saturated rings. The molecule has 7 unspecified atom stereocenters. The maximum absolute atomic E-state index is 13.7. The highest BCUT2D eigenvalue weighted by atomic mass is 16.5. The summed E-state index contributed by atoms with van der Waals surface area (Å²) in [6, 6.07) is 18.0. The number of benzene rings is 2. The molecule has 2 aromatic carbocycles. The molecule has 0 bridgehead atoms. The molecule has 3 saturated carbocycles. The molecule has 0 spiro atoms. The Morgan fingerprint density at radius 1 is 1.02 bits per heavy atom. The Kier molecular flexibility index (Phi) is 6.13. The first-order valence-electron chi connectivity index (χ1n) is 15.7. The largest absolute Gasteiger partial charge is 0.469 e. The number of ketones is 1. The topological polar surface area (TPSA) is 90.1 Å². The number of carbonyl (C=O) groups excluding carboxylic acids is 1. The van der Waals surface area contributed by atoms with Crippen molar-refractivity contribution < 1.29 is 14.6 Å². The molecule has 220 valence electrons. The number of nitrogens with zero attached hydrogens (tertiary/aromatic N) is 4. The monoisotopic (exact) mass is 574 g/mol. The van der Waals surface area contributed by atoms with E-state index < -0.39 is 6.10 Å². The van der Waals surface area contributed by atoms with Crippen molar-refractivity contribution in [3.63, 3.8) is 0 Å². The van der Waals surface area contributed by atoms with Crippen molar-refractivity contribution in [1.82, 2.24) is 19.7 Å². The van der Waals surface area contributed by atoms with Crippen molar-refractivity contribution in [2.75, 3.05) is 6.61 Å². The molecule has 7 nitrogen and oxygen atoms in total. The lowest BCUT2D eigenvalue weighted by atomic mass is 9.46. The summed E-state index contributed by atoms with van der Waals surface area (Å²) in [7, 11) is 0. The van der Waals surface area contributed by atoms with Crippen molar-refractivity contribution in [2.45, 2.75) is 58.5 Å². The minimum Gasteiger partial charge on any atom is -0.469 e. The summed E-state index contributed by atoms with van der Waals surface area (Å²) in [5.41, 5.74) is 6.16. The summed E-state index contributed by atoms with van der Waals surface area (Å²) in [6.45, 7) is 4.63. The molecule has 4 aliphatic carbocycles. The molecule has 0 amide bonds. The lowest BCUT2D eigenvalue weighted by Gasteiger charge is -2.59. The van der Waals surface area contributed by atoms with E-state index in [9.17, 15) is 9.90 Å². The normalized spacial score (nSPS) is 32.7. The number of para-hydroxylation sites is 3. The van der Waals surface area contributed by atoms with E-state index in [1.807, 2.05) is 48.7 Å². The highest BCUT2D eigenvalue weighted by Gasteiger charge is 2.63. The van der Waals surface area contributed by atoms with Gasteiger partial charge in [-0.3, -0.25) is 4.79 Å². The van der Waals surface area contributed by atoms with Gasteiger partial charge in [0.05, 0.1) is 40.9 Å². The van der Waals surface area contributed by atoms with Crippen LogP contribution in [0.3, 0.4) is 0 Å². The highest BCUT2D eigenvalue weighted by Crippen LogP contribution is 2.66. The molecule has 43 heavy (non-hydrogen) atoms. The van der Waals surface area contributed by atoms with E-state index >= 15 is 0 Å². The minimum atomic E-state index is -0.452. The van der Waals surface area contributed by atoms with Crippen molar-refractivity contribution in [3.8, 4) is 11.6 Å². The van der Waals surface area contributed by atoms with Crippen LogP contribution in [0.5, 0.6) is 5.88 Å². The molecule has 4 aromatic rings. The van der Waals surface area contributed by atoms with Crippen LogP contribution in [0.1, 0.15) is 57.2 Å². The summed E-state index contributed by atoms with van der Waals surface area (Å²) in [6.07, 6.45) is 11.1. The van der Waals surface area contributed by atoms with Crippen molar-refractivity contribution in [2.24, 2.45) is 34.5 Å². The Hall–Kier alpha value is -3.84. The number of aliphatic hydroxyl groups is 1. The molecular weight excluding hydrogens is 536 g/mol. The maximum atomic E-state index is 13.7. The van der Waals surface area contributed by atoms with Gasteiger partial charge in [-0.05, 0) is 103 Å². The number of hydrogen-bond donors (Lipinski definition) is 1. The number of aromatic nitrogens is 4. The Labute approximate surface area is 252 Å². The number of hydrogen-bond acceptors (Lipinski definition) is 6. The number of aliphatic hydroxyl groups excluding tert-OH is 1. The van der Waals surface area contributed by atoms with Gasteiger partial charge in [-0.15, -0.1) is 0 Å². The minimum absolute atomic E-state index is 0.0109. The zero-order valence-electron chi connectivity index (χ0n) is 24.8. The standard InChI is InChI=1S/C36H38N4O3/c1-35-17-22-19-38-40(24-8-4-3-5-9-24)30(22)16-23(35)12-13-25-26-14-15-27(36(26,2)18-31(41)34(25)35)32(42)21-43-33-20-37-28-10-6-7-11-29(28)39-33/h3-11,16,19-20,25-27,31,34,41H,12-15,17-18,21H2,1-2H3. The van der Waals surface area contributed by atoms with Gasteiger partial charge in [-0.2, -0.15) is 5.10 Å². The van der Waals surface area contributed by atoms with Gasteiger partial charge in [0.1, 0.15) is 6.61 Å². The Bertz CT molecular complexity index is 1750. The summed E-state index contributed by atoms with van der Waals surface area (Å²) < 4.78 is 7.96. The van der Waals surface area contributed by atoms with Gasteiger partial charge >= 0.3 is 0 Å². The zero-order valence-corrected chi connectivity index (χ0v) is 24.8. The van der Waals surface area contributed by atoms with Crippen molar-refractivity contribution in [3.05, 3.63) is 83.8 Å². The van der Waals surface area contributed by atoms with Gasteiger partial charge in [0, 0.05) is 5.92 Å². The van der Waals surface area contributed by atoms with E-state index in [0.717, 1.165) is 48.8 Å². The number of fused-ring (bicyclic) bond motifs is 7. The third-order valence-electron chi connectivity index (χ3n) is 11.6. The fourth-order valence-corrected chi connectivity index (χ4v) is 9.74. The van der Waals surface area contributed by atoms with Crippen LogP contribution >= 0.6 is 0 Å². The summed E-state index contributed by atoms with van der Waals surface area (Å²) in [4.78, 5) is 22.6. The molecular formula is C36H38N4O3. The third-order valence-corrected chi connectivity index (χ3v) is 11.6. The molecule has 1 N–H and O–H groups in total. The molecule has 7 atom stereocenters. The van der Waals surface area contributed by atoms with Crippen molar-refractivity contribution in [1.29, 1.82) is 0 Å². The SMILES string of the molecule is CC12Cc3cnn(-c4ccccc4)c3C=C1CCC1C2C(O)CC2(C)C(C(=O)COc3cnc4ccccc4n3)CCC12. The predicted octanol–water partition coefficient (Wildman–Crippen LogP) is 6.23. The molecule has 4 aliphatic rings. The molecule has 0 radical (unpaired) electrons. The van der Waals surface area contributed by atoms with Crippen LogP contribution in [-0.2, 0) is 11.2 Å². The average molecular weight is 575 g/mol. The zero-order chi connectivity index (χ0) is 29.3. The molecule has 8 rings (SSSR count). The summed E-state index contributed by atoms with van der Waals surface area (Å²) >= 11 is 0. The second-order valence-electron chi connectivity index (χ2n) is 13.8. The van der Waals surface area contributed by atoms with Crippen molar-refractivity contribution >= 4 is 22.9 Å². The Morgan fingerprint density at radius 3 is 2.65 bits per heavy atom. The summed E-state index contributed by atoms with van der Waals surface area (Å²) in [5, 5.41) is 16.7. The van der Waals surface area contributed by atoms with Crippen LogP contribution in [-0.4, -0.2) is 43.3 Å². The van der Waals surface area contributed by atoms with Crippen LogP contribution in [0.15, 0.2) is 72.6 Å². The van der Waals surface area contributed by atoms with Crippen LogP contribution < -0.4 is 4.74 Å². The van der Waals surface area contributed by atoms with Gasteiger partial charge in [0.15, 0.2) is 5.78 Å². The van der Waals surface area contributed by atoms with Gasteiger partial charge in [0.2, 0.25) is 5.88 Å². The second-order valence-corrected chi connectivity index (χ2v) is 13.8. The van der Waals surface area contributed by atoms with Crippen LogP contribution in [0.2, 0.25) is 0 Å². The molecule has 7 heteroatoms. The molecule has 2 aromatic heterocycles. The fourth-order valence-electron chi connectivity index (χ4n) is 9.74.